The summed E-state index contributed by atoms with van der Waals surface area (Å²) in [5.41, 5.74) is -1.99. The topological polar surface area (TPSA) is 239 Å². The Hall–Kier alpha value is -0.560. The summed E-state index contributed by atoms with van der Waals surface area (Å²) in [4.78, 5) is 0. The third-order valence-electron chi connectivity index (χ3n) is 18.0. The molecular formula is C42H72O14. The highest BCUT2D eigenvalue weighted by Crippen LogP contribution is 2.77. The molecule has 0 bridgehead atoms. The minimum atomic E-state index is -1.75. The van der Waals surface area contributed by atoms with Crippen LogP contribution in [0, 0.1) is 56.7 Å². The van der Waals surface area contributed by atoms with Crippen LogP contribution in [0.5, 0.6) is 0 Å². The van der Waals surface area contributed by atoms with Gasteiger partial charge in [-0.3, -0.25) is 0 Å². The Kier molecular flexibility index (Phi) is 11.5. The van der Waals surface area contributed by atoms with Gasteiger partial charge in [0, 0.05) is 12.5 Å². The van der Waals surface area contributed by atoms with Gasteiger partial charge in [-0.1, -0.05) is 34.6 Å². The van der Waals surface area contributed by atoms with Gasteiger partial charge < -0.3 is 70.0 Å². The van der Waals surface area contributed by atoms with Crippen LogP contribution >= 0.6 is 0 Å². The summed E-state index contributed by atoms with van der Waals surface area (Å²) in [6.45, 7) is 14.2. The van der Waals surface area contributed by atoms with Crippen LogP contribution in [0.4, 0.5) is 0 Å². The zero-order valence-electron chi connectivity index (χ0n) is 34.4. The molecule has 324 valence electrons. The molecule has 7 aliphatic rings. The van der Waals surface area contributed by atoms with Crippen molar-refractivity contribution in [2.45, 2.75) is 185 Å². The molecule has 2 saturated heterocycles. The lowest BCUT2D eigenvalue weighted by Gasteiger charge is -2.73. The summed E-state index contributed by atoms with van der Waals surface area (Å²) in [6.07, 6.45) is -8.35. The van der Waals surface area contributed by atoms with E-state index in [4.69, 9.17) is 18.9 Å². The quantitative estimate of drug-likeness (QED) is 0.153. The molecule has 2 aliphatic heterocycles. The fourth-order valence-corrected chi connectivity index (χ4v) is 15.0. The maximum absolute atomic E-state index is 11.5. The summed E-state index contributed by atoms with van der Waals surface area (Å²) >= 11 is 0. The Morgan fingerprint density at radius 1 is 0.643 bits per heavy atom. The zero-order chi connectivity index (χ0) is 41.1. The minimum Gasteiger partial charge on any atom is -0.396 e. The molecule has 14 nitrogen and oxygen atoms in total. The molecule has 2 heterocycles. The van der Waals surface area contributed by atoms with E-state index in [0.29, 0.717) is 18.8 Å². The lowest BCUT2D eigenvalue weighted by molar-refractivity contribution is -0.378. The predicted molar refractivity (Wildman–Crippen MR) is 200 cm³/mol. The van der Waals surface area contributed by atoms with Gasteiger partial charge in [0.15, 0.2) is 12.6 Å². The normalized spacial score (nSPS) is 55.8. The average Bonchev–Trinajstić information content (AvgIpc) is 3.45. The van der Waals surface area contributed by atoms with Gasteiger partial charge in [-0.25, -0.2) is 0 Å². The van der Waals surface area contributed by atoms with E-state index in [2.05, 4.69) is 34.6 Å². The Labute approximate surface area is 331 Å². The first-order valence-electron chi connectivity index (χ1n) is 21.3. The molecule has 5 aliphatic carbocycles. The Bertz CT molecular complexity index is 1410. The zero-order valence-corrected chi connectivity index (χ0v) is 34.4. The van der Waals surface area contributed by atoms with E-state index < -0.39 is 97.8 Å². The van der Waals surface area contributed by atoms with E-state index in [-0.39, 0.29) is 51.9 Å². The summed E-state index contributed by atoms with van der Waals surface area (Å²) in [5.74, 6) is 0.611. The molecule has 7 fully saturated rings. The minimum absolute atomic E-state index is 0.0182. The smallest absolute Gasteiger partial charge is 0.187 e. The van der Waals surface area contributed by atoms with E-state index >= 15 is 0 Å². The molecule has 21 atom stereocenters. The number of fused-ring (bicyclic) bond motifs is 7. The van der Waals surface area contributed by atoms with Crippen molar-refractivity contribution in [2.24, 2.45) is 56.7 Å². The second-order valence-electron chi connectivity index (χ2n) is 21.2. The fraction of sp³-hybridized carbons (Fsp3) is 1.00. The number of aliphatic hydroxyl groups is 10. The molecule has 0 amide bonds. The summed E-state index contributed by atoms with van der Waals surface area (Å²) < 4.78 is 24.4. The largest absolute Gasteiger partial charge is 0.396 e. The molecule has 0 aromatic rings. The van der Waals surface area contributed by atoms with Crippen molar-refractivity contribution < 1.29 is 70.0 Å². The van der Waals surface area contributed by atoms with Gasteiger partial charge in [0.2, 0.25) is 0 Å². The van der Waals surface area contributed by atoms with Crippen LogP contribution in [-0.2, 0) is 18.9 Å². The molecule has 56 heavy (non-hydrogen) atoms. The van der Waals surface area contributed by atoms with Gasteiger partial charge in [-0.15, -0.1) is 0 Å². The molecule has 0 aromatic heterocycles. The summed E-state index contributed by atoms with van der Waals surface area (Å²) in [5, 5.41) is 107. The van der Waals surface area contributed by atoms with Crippen LogP contribution in [-0.4, -0.2) is 150 Å². The monoisotopic (exact) mass is 800 g/mol. The Balaban J connectivity index is 1.13. The van der Waals surface area contributed by atoms with Crippen molar-refractivity contribution in [2.75, 3.05) is 19.8 Å². The van der Waals surface area contributed by atoms with Crippen molar-refractivity contribution in [3.63, 3.8) is 0 Å². The van der Waals surface area contributed by atoms with E-state index in [1.165, 1.54) is 0 Å². The summed E-state index contributed by atoms with van der Waals surface area (Å²) in [7, 11) is 0. The van der Waals surface area contributed by atoms with Crippen molar-refractivity contribution >= 4 is 0 Å². The number of ether oxygens (including phenoxy) is 4. The van der Waals surface area contributed by atoms with E-state index in [0.717, 1.165) is 44.9 Å². The maximum atomic E-state index is 11.5. The number of aliphatic hydroxyl groups excluding tert-OH is 9. The number of hydrogen-bond donors (Lipinski definition) is 10. The highest BCUT2D eigenvalue weighted by atomic mass is 16.8. The van der Waals surface area contributed by atoms with Crippen molar-refractivity contribution in [3.8, 4) is 0 Å². The third-order valence-corrected chi connectivity index (χ3v) is 18.0. The van der Waals surface area contributed by atoms with Gasteiger partial charge in [-0.2, -0.15) is 0 Å². The molecule has 5 saturated carbocycles. The van der Waals surface area contributed by atoms with E-state index in [9.17, 15) is 51.1 Å². The van der Waals surface area contributed by atoms with E-state index in [1.807, 2.05) is 13.8 Å². The van der Waals surface area contributed by atoms with Gasteiger partial charge in [-0.05, 0) is 122 Å². The summed E-state index contributed by atoms with van der Waals surface area (Å²) in [6, 6.07) is 0. The van der Waals surface area contributed by atoms with E-state index in [1.54, 1.807) is 0 Å². The number of rotatable bonds is 8. The highest BCUT2D eigenvalue weighted by Gasteiger charge is 2.72. The van der Waals surface area contributed by atoms with Gasteiger partial charge in [0.25, 0.3) is 0 Å². The lowest BCUT2D eigenvalue weighted by atomic mass is 9.32. The van der Waals surface area contributed by atoms with Crippen LogP contribution < -0.4 is 0 Å². The van der Waals surface area contributed by atoms with Crippen LogP contribution in [0.2, 0.25) is 0 Å². The SMILES string of the molecule is CC(C)(O)C1C(O)CC2(CO)CCC3(C)C(CCC4C5(C)CCC(OC6OC(CO)C(O)C(O)C6OC6OC(CO)C(O)C(O)C6O)C(C)(C)C5CCC43C)C12. The molecule has 0 spiro atoms. The Morgan fingerprint density at radius 2 is 1.27 bits per heavy atom. The van der Waals surface area contributed by atoms with Crippen LogP contribution in [0.15, 0.2) is 0 Å². The second kappa shape index (κ2) is 14.8. The molecule has 0 radical (unpaired) electrons. The van der Waals surface area contributed by atoms with Crippen molar-refractivity contribution in [1.82, 2.24) is 0 Å². The van der Waals surface area contributed by atoms with Crippen LogP contribution in [0.1, 0.15) is 106 Å². The standard InChI is InChI=1S/C42H72O14/c1-37(2)24-10-13-41(7)25(9-8-20-27-28(38(3,4)52)21(46)16-42(27,19-45)15-14-40(20,41)6)39(24,5)12-11-26(37)55-36-34(32(50)30(48)23(18-44)54-36)56-35-33(51)31(49)29(47)22(17-43)53-35/h20-36,43-52H,8-19H2,1-7H3. The predicted octanol–water partition coefficient (Wildman–Crippen LogP) is 0.811. The molecule has 21 unspecified atom stereocenters. The van der Waals surface area contributed by atoms with Crippen molar-refractivity contribution in [1.29, 1.82) is 0 Å². The number of hydrogen-bond acceptors (Lipinski definition) is 14. The lowest BCUT2D eigenvalue weighted by Crippen LogP contribution is -2.68. The Morgan fingerprint density at radius 3 is 1.88 bits per heavy atom. The van der Waals surface area contributed by atoms with Crippen molar-refractivity contribution in [3.05, 3.63) is 0 Å². The van der Waals surface area contributed by atoms with Crippen LogP contribution in [0.25, 0.3) is 0 Å². The van der Waals surface area contributed by atoms with Crippen LogP contribution in [0.3, 0.4) is 0 Å². The second-order valence-corrected chi connectivity index (χ2v) is 21.2. The maximum Gasteiger partial charge on any atom is 0.187 e. The van der Waals surface area contributed by atoms with Gasteiger partial charge >= 0.3 is 0 Å². The fourth-order valence-electron chi connectivity index (χ4n) is 15.0. The molecule has 14 heteroatoms. The molecule has 0 aromatic carbocycles. The van der Waals surface area contributed by atoms with Gasteiger partial charge in [0.1, 0.15) is 48.8 Å². The molecular weight excluding hydrogens is 728 g/mol. The average molecular weight is 801 g/mol. The first-order valence-corrected chi connectivity index (χ1v) is 21.3. The van der Waals surface area contributed by atoms with Gasteiger partial charge in [0.05, 0.1) is 31.0 Å². The molecule has 10 N–H and O–H groups in total. The first-order chi connectivity index (χ1) is 26.1. The highest BCUT2D eigenvalue weighted by molar-refractivity contribution is 5.21. The third kappa shape index (κ3) is 6.32. The molecule has 7 rings (SSSR count). The first kappa shape index (κ1) is 43.5.